The van der Waals surface area contributed by atoms with Crippen LogP contribution in [0.2, 0.25) is 0 Å². The molecule has 0 radical (unpaired) electrons. The summed E-state index contributed by atoms with van der Waals surface area (Å²) in [6.45, 7) is 12.1. The van der Waals surface area contributed by atoms with Crippen molar-refractivity contribution in [2.24, 2.45) is 0 Å². The zero-order valence-electron chi connectivity index (χ0n) is 19.7. The van der Waals surface area contributed by atoms with E-state index in [0.717, 1.165) is 60.2 Å². The fraction of sp³-hybridized carbons (Fsp3) is 0.333. The third-order valence-corrected chi connectivity index (χ3v) is 6.54. The molecule has 0 atom stereocenters. The monoisotopic (exact) mass is 445 g/mol. The van der Waals surface area contributed by atoms with Crippen molar-refractivity contribution < 1.29 is 9.66 Å². The topological polar surface area (TPSA) is 58.8 Å². The molecule has 0 saturated heterocycles. The summed E-state index contributed by atoms with van der Waals surface area (Å²) in [5.74, 6) is 1.24. The molecule has 0 bridgehead atoms. The number of para-hydroxylation sites is 1. The Labute approximate surface area is 195 Å². The highest BCUT2D eigenvalue weighted by atomic mass is 16.6. The van der Waals surface area contributed by atoms with Crippen LogP contribution in [0.3, 0.4) is 0 Å². The molecular weight excluding hydrogens is 414 g/mol. The zero-order chi connectivity index (χ0) is 23.5. The van der Waals surface area contributed by atoms with Crippen LogP contribution in [0.5, 0.6) is 11.5 Å². The standard InChI is InChI=1S/C27H31N3O3/c1-5-28(6-2)19-13-15-22-25(17-19)33-26-18-20(29(7-3)8-4)14-16-23(26)27(22)21-11-9-10-12-24(21)30(31)32/h9-18,27H,5-8H2,1-4H3. The van der Waals surface area contributed by atoms with E-state index in [9.17, 15) is 10.1 Å². The number of ether oxygens (including phenoxy) is 1. The Bertz CT molecular complexity index is 1090. The van der Waals surface area contributed by atoms with Gasteiger partial charge in [-0.1, -0.05) is 30.3 Å². The molecule has 172 valence electrons. The number of hydrogen-bond donors (Lipinski definition) is 0. The summed E-state index contributed by atoms with van der Waals surface area (Å²) in [6, 6.07) is 19.5. The maximum atomic E-state index is 11.9. The Morgan fingerprint density at radius 2 is 1.24 bits per heavy atom. The van der Waals surface area contributed by atoms with Crippen LogP contribution in [0, 0.1) is 10.1 Å². The Morgan fingerprint density at radius 1 is 0.758 bits per heavy atom. The average Bonchev–Trinajstić information content (AvgIpc) is 2.84. The van der Waals surface area contributed by atoms with Gasteiger partial charge in [-0.25, -0.2) is 0 Å². The number of nitro groups is 1. The van der Waals surface area contributed by atoms with E-state index in [4.69, 9.17) is 4.74 Å². The molecule has 1 aliphatic heterocycles. The molecule has 1 aliphatic rings. The summed E-state index contributed by atoms with van der Waals surface area (Å²) in [6.07, 6.45) is 0. The molecule has 0 spiro atoms. The molecule has 3 aromatic rings. The minimum atomic E-state index is -0.293. The van der Waals surface area contributed by atoms with Crippen molar-refractivity contribution in [1.29, 1.82) is 0 Å². The molecule has 0 N–H and O–H groups in total. The van der Waals surface area contributed by atoms with Crippen LogP contribution in [-0.4, -0.2) is 31.1 Å². The molecule has 0 saturated carbocycles. The molecule has 3 aromatic carbocycles. The maximum Gasteiger partial charge on any atom is 0.273 e. The van der Waals surface area contributed by atoms with Crippen LogP contribution in [0.4, 0.5) is 17.1 Å². The van der Waals surface area contributed by atoms with Crippen LogP contribution >= 0.6 is 0 Å². The minimum absolute atomic E-state index is 0.127. The Kier molecular flexibility index (Phi) is 6.54. The lowest BCUT2D eigenvalue weighted by atomic mass is 9.81. The molecular formula is C27H31N3O3. The van der Waals surface area contributed by atoms with Crippen LogP contribution in [-0.2, 0) is 0 Å². The molecule has 6 heteroatoms. The van der Waals surface area contributed by atoms with Gasteiger partial charge < -0.3 is 14.5 Å². The quantitative estimate of drug-likeness (QED) is 0.227. The van der Waals surface area contributed by atoms with Crippen molar-refractivity contribution in [2.75, 3.05) is 36.0 Å². The van der Waals surface area contributed by atoms with Crippen molar-refractivity contribution in [3.05, 3.63) is 87.5 Å². The number of hydrogen-bond acceptors (Lipinski definition) is 5. The third-order valence-electron chi connectivity index (χ3n) is 6.54. The van der Waals surface area contributed by atoms with Gasteiger partial charge in [0.15, 0.2) is 0 Å². The highest BCUT2D eigenvalue weighted by Gasteiger charge is 2.33. The van der Waals surface area contributed by atoms with E-state index < -0.39 is 0 Å². The summed E-state index contributed by atoms with van der Waals surface area (Å²) in [7, 11) is 0. The van der Waals surface area contributed by atoms with Crippen LogP contribution in [0.25, 0.3) is 0 Å². The smallest absolute Gasteiger partial charge is 0.273 e. The van der Waals surface area contributed by atoms with Crippen LogP contribution in [0.15, 0.2) is 60.7 Å². The summed E-state index contributed by atoms with van der Waals surface area (Å²) in [5.41, 5.74) is 4.87. The molecule has 0 unspecified atom stereocenters. The van der Waals surface area contributed by atoms with Gasteiger partial charge >= 0.3 is 0 Å². The van der Waals surface area contributed by atoms with Crippen molar-refractivity contribution >= 4 is 17.1 Å². The SMILES string of the molecule is CCN(CC)c1ccc2c(c1)Oc1cc(N(CC)CC)ccc1C2c1ccccc1[N+](=O)[O-]. The highest BCUT2D eigenvalue weighted by molar-refractivity contribution is 5.67. The predicted molar refractivity (Wildman–Crippen MR) is 134 cm³/mol. The molecule has 1 heterocycles. The van der Waals surface area contributed by atoms with Gasteiger partial charge in [-0.3, -0.25) is 10.1 Å². The third kappa shape index (κ3) is 4.13. The van der Waals surface area contributed by atoms with Crippen LogP contribution in [0.1, 0.15) is 50.3 Å². The van der Waals surface area contributed by atoms with Gasteiger partial charge in [0, 0.05) is 78.4 Å². The molecule has 6 nitrogen and oxygen atoms in total. The first kappa shape index (κ1) is 22.6. The second kappa shape index (κ2) is 9.53. The number of anilines is 2. The normalized spacial score (nSPS) is 12.5. The molecule has 4 rings (SSSR count). The summed E-state index contributed by atoms with van der Waals surface area (Å²) < 4.78 is 6.47. The first-order chi connectivity index (χ1) is 16.0. The van der Waals surface area contributed by atoms with Gasteiger partial charge in [0.05, 0.1) is 4.92 Å². The second-order valence-corrected chi connectivity index (χ2v) is 8.14. The Morgan fingerprint density at radius 3 is 1.70 bits per heavy atom. The molecule has 0 aliphatic carbocycles. The second-order valence-electron chi connectivity index (χ2n) is 8.14. The van der Waals surface area contributed by atoms with E-state index in [-0.39, 0.29) is 16.5 Å². The summed E-state index contributed by atoms with van der Waals surface area (Å²) in [4.78, 5) is 16.1. The number of nitrogens with zero attached hydrogens (tertiary/aromatic N) is 3. The van der Waals surface area contributed by atoms with Crippen molar-refractivity contribution in [3.8, 4) is 11.5 Å². The van der Waals surface area contributed by atoms with Gasteiger partial charge in [0.2, 0.25) is 0 Å². The number of nitro benzene ring substituents is 1. The molecule has 0 amide bonds. The van der Waals surface area contributed by atoms with Crippen LogP contribution < -0.4 is 14.5 Å². The maximum absolute atomic E-state index is 11.9. The zero-order valence-corrected chi connectivity index (χ0v) is 19.7. The minimum Gasteiger partial charge on any atom is -0.457 e. The average molecular weight is 446 g/mol. The van der Waals surface area contributed by atoms with Gasteiger partial charge in [0.1, 0.15) is 11.5 Å². The van der Waals surface area contributed by atoms with Crippen molar-refractivity contribution in [1.82, 2.24) is 0 Å². The van der Waals surface area contributed by atoms with Gasteiger partial charge in [0.25, 0.3) is 5.69 Å². The van der Waals surface area contributed by atoms with E-state index in [2.05, 4.69) is 73.9 Å². The first-order valence-corrected chi connectivity index (χ1v) is 11.7. The summed E-state index contributed by atoms with van der Waals surface area (Å²) >= 11 is 0. The van der Waals surface area contributed by atoms with E-state index in [1.807, 2.05) is 12.1 Å². The van der Waals surface area contributed by atoms with Gasteiger partial charge in [-0.2, -0.15) is 0 Å². The van der Waals surface area contributed by atoms with E-state index >= 15 is 0 Å². The number of fused-ring (bicyclic) bond motifs is 2. The largest absolute Gasteiger partial charge is 0.457 e. The fourth-order valence-electron chi connectivity index (χ4n) is 4.79. The van der Waals surface area contributed by atoms with Crippen molar-refractivity contribution in [2.45, 2.75) is 33.6 Å². The lowest BCUT2D eigenvalue weighted by Crippen LogP contribution is -2.23. The van der Waals surface area contributed by atoms with Crippen molar-refractivity contribution in [3.63, 3.8) is 0 Å². The number of rotatable bonds is 8. The molecule has 0 fully saturated rings. The Balaban J connectivity index is 1.92. The number of benzene rings is 3. The molecule has 33 heavy (non-hydrogen) atoms. The Hall–Kier alpha value is -3.54. The lowest BCUT2D eigenvalue weighted by Gasteiger charge is -2.31. The molecule has 0 aromatic heterocycles. The highest BCUT2D eigenvalue weighted by Crippen LogP contribution is 2.50. The lowest BCUT2D eigenvalue weighted by molar-refractivity contribution is -0.385. The van der Waals surface area contributed by atoms with E-state index in [1.54, 1.807) is 12.1 Å². The van der Waals surface area contributed by atoms with E-state index in [1.165, 1.54) is 0 Å². The fourth-order valence-corrected chi connectivity index (χ4v) is 4.79. The summed E-state index contributed by atoms with van der Waals surface area (Å²) in [5, 5.41) is 11.9. The predicted octanol–water partition coefficient (Wildman–Crippen LogP) is 6.57. The van der Waals surface area contributed by atoms with Gasteiger partial charge in [-0.15, -0.1) is 0 Å². The first-order valence-electron chi connectivity index (χ1n) is 11.7. The van der Waals surface area contributed by atoms with E-state index in [0.29, 0.717) is 5.56 Å². The van der Waals surface area contributed by atoms with Gasteiger partial charge in [-0.05, 0) is 39.8 Å².